The molecule has 29 heavy (non-hydrogen) atoms. The van der Waals surface area contributed by atoms with Gasteiger partial charge in [0.15, 0.2) is 0 Å². The van der Waals surface area contributed by atoms with Crippen LogP contribution in [0.15, 0.2) is 72.8 Å². The van der Waals surface area contributed by atoms with E-state index in [-0.39, 0.29) is 0 Å². The molecule has 0 fully saturated rings. The summed E-state index contributed by atoms with van der Waals surface area (Å²) >= 11 is 0. The highest BCUT2D eigenvalue weighted by Crippen LogP contribution is 2.45. The van der Waals surface area contributed by atoms with Gasteiger partial charge in [-0.15, -0.1) is 0 Å². The van der Waals surface area contributed by atoms with Crippen LogP contribution in [0.3, 0.4) is 0 Å². The van der Waals surface area contributed by atoms with Gasteiger partial charge < -0.3 is 5.11 Å². The fourth-order valence-electron chi connectivity index (χ4n) is 4.57. The Hall–Kier alpha value is -2.80. The Labute approximate surface area is 174 Å². The van der Waals surface area contributed by atoms with E-state index >= 15 is 0 Å². The van der Waals surface area contributed by atoms with Gasteiger partial charge in [0.2, 0.25) is 0 Å². The maximum absolute atomic E-state index is 10.6. The lowest BCUT2D eigenvalue weighted by atomic mass is 9.74. The quantitative estimate of drug-likeness (QED) is 0.501. The second kappa shape index (κ2) is 8.29. The van der Waals surface area contributed by atoms with Crippen LogP contribution in [0.2, 0.25) is 0 Å². The second-order valence-electron chi connectivity index (χ2n) is 8.46. The summed E-state index contributed by atoms with van der Waals surface area (Å²) in [5.74, 6) is 1.09. The summed E-state index contributed by atoms with van der Waals surface area (Å²) in [5.41, 5.74) is 9.00. The number of aryl methyl sites for hydroxylation is 3. The molecule has 1 unspecified atom stereocenters. The number of benzene rings is 3. The maximum atomic E-state index is 10.6. The Kier molecular flexibility index (Phi) is 5.58. The van der Waals surface area contributed by atoms with Crippen LogP contribution in [-0.4, -0.2) is 5.11 Å². The van der Waals surface area contributed by atoms with Gasteiger partial charge in [0, 0.05) is 5.92 Å². The fourth-order valence-corrected chi connectivity index (χ4v) is 4.57. The lowest BCUT2D eigenvalue weighted by Crippen LogP contribution is -2.12. The largest absolute Gasteiger partial charge is 0.508 e. The predicted molar refractivity (Wildman–Crippen MR) is 123 cm³/mol. The Bertz CT molecular complexity index is 1030. The van der Waals surface area contributed by atoms with Gasteiger partial charge in [-0.1, -0.05) is 84.8 Å². The molecule has 0 bridgehead atoms. The number of aromatic hydroxyl groups is 1. The van der Waals surface area contributed by atoms with Gasteiger partial charge in [-0.25, -0.2) is 0 Å². The van der Waals surface area contributed by atoms with E-state index in [0.717, 1.165) is 24.8 Å². The highest BCUT2D eigenvalue weighted by atomic mass is 16.3. The first-order valence-electron chi connectivity index (χ1n) is 10.7. The molecular formula is C28H30O. The van der Waals surface area contributed by atoms with Crippen molar-refractivity contribution in [3.8, 4) is 5.75 Å². The van der Waals surface area contributed by atoms with Crippen molar-refractivity contribution in [1.82, 2.24) is 0 Å². The third-order valence-corrected chi connectivity index (χ3v) is 6.23. The number of hydrogen-bond acceptors (Lipinski definition) is 1. The van der Waals surface area contributed by atoms with E-state index in [1.807, 2.05) is 12.1 Å². The molecule has 1 aliphatic rings. The zero-order chi connectivity index (χ0) is 20.4. The smallest absolute Gasteiger partial charge is 0.119 e. The van der Waals surface area contributed by atoms with Crippen molar-refractivity contribution in [2.75, 3.05) is 0 Å². The van der Waals surface area contributed by atoms with Crippen molar-refractivity contribution in [3.63, 3.8) is 0 Å². The van der Waals surface area contributed by atoms with Crippen molar-refractivity contribution in [3.05, 3.63) is 106 Å². The molecule has 0 spiro atoms. The summed E-state index contributed by atoms with van der Waals surface area (Å²) in [4.78, 5) is 0. The average Bonchev–Trinajstić information content (AvgIpc) is 2.75. The number of rotatable bonds is 4. The summed E-state index contributed by atoms with van der Waals surface area (Å²) in [6.45, 7) is 6.45. The minimum Gasteiger partial charge on any atom is -0.508 e. The van der Waals surface area contributed by atoms with E-state index in [9.17, 15) is 5.11 Å². The third kappa shape index (κ3) is 4.29. The molecule has 0 aromatic heterocycles. The molecule has 3 aromatic carbocycles. The minimum absolute atomic E-state index is 0.311. The molecule has 0 aliphatic heterocycles. The van der Waals surface area contributed by atoms with Gasteiger partial charge in [0.25, 0.3) is 0 Å². The molecule has 0 heterocycles. The summed E-state index contributed by atoms with van der Waals surface area (Å²) in [7, 11) is 0. The van der Waals surface area contributed by atoms with Gasteiger partial charge in [-0.3, -0.25) is 0 Å². The predicted octanol–water partition coefficient (Wildman–Crippen LogP) is 7.32. The second-order valence-corrected chi connectivity index (χ2v) is 8.46. The van der Waals surface area contributed by atoms with E-state index < -0.39 is 0 Å². The van der Waals surface area contributed by atoms with Gasteiger partial charge in [0.1, 0.15) is 5.75 Å². The van der Waals surface area contributed by atoms with Gasteiger partial charge in [0.05, 0.1) is 0 Å². The molecule has 1 nitrogen and oxygen atoms in total. The maximum Gasteiger partial charge on any atom is 0.119 e. The molecule has 1 N–H and O–H groups in total. The molecule has 0 saturated carbocycles. The topological polar surface area (TPSA) is 20.2 Å². The highest BCUT2D eigenvalue weighted by Gasteiger charge is 2.27. The molecule has 0 saturated heterocycles. The Balaban J connectivity index is 1.76. The van der Waals surface area contributed by atoms with Gasteiger partial charge >= 0.3 is 0 Å². The standard InChI is InChI=1S/C28H30O/c1-4-21-9-11-22(12-10-21)24-16-25(23-7-5-6-19(2)14-23)18-26(17-24)27-15-20(3)8-13-28(27)29/h5-16,25-26,29H,4,17-18H2,1-3H3/t25-,26?/m0/s1. The molecule has 1 heteroatoms. The van der Waals surface area contributed by atoms with Crippen LogP contribution >= 0.6 is 0 Å². The molecule has 1 aliphatic carbocycles. The van der Waals surface area contributed by atoms with E-state index in [1.165, 1.54) is 33.4 Å². The Morgan fingerprint density at radius 1 is 0.897 bits per heavy atom. The molecule has 4 rings (SSSR count). The number of phenolic OH excluding ortho intramolecular Hbond substituents is 1. The first kappa shape index (κ1) is 19.5. The lowest BCUT2D eigenvalue weighted by Gasteiger charge is -2.30. The van der Waals surface area contributed by atoms with E-state index in [2.05, 4.69) is 81.4 Å². The lowest BCUT2D eigenvalue weighted by molar-refractivity contribution is 0.453. The van der Waals surface area contributed by atoms with Crippen LogP contribution < -0.4 is 0 Å². The number of allylic oxidation sites excluding steroid dienone is 2. The van der Waals surface area contributed by atoms with Crippen LogP contribution in [0.1, 0.15) is 65.0 Å². The Morgan fingerprint density at radius 2 is 1.66 bits per heavy atom. The summed E-state index contributed by atoms with van der Waals surface area (Å²) in [6.07, 6.45) is 5.51. The molecule has 3 aromatic rings. The Morgan fingerprint density at radius 3 is 2.38 bits per heavy atom. The molecule has 148 valence electrons. The molecule has 2 atom stereocenters. The van der Waals surface area contributed by atoms with E-state index in [4.69, 9.17) is 0 Å². The number of hydrogen-bond donors (Lipinski definition) is 1. The van der Waals surface area contributed by atoms with Crippen LogP contribution in [-0.2, 0) is 6.42 Å². The van der Waals surface area contributed by atoms with Crippen LogP contribution in [0.25, 0.3) is 5.57 Å². The zero-order valence-corrected chi connectivity index (χ0v) is 17.7. The fraction of sp³-hybridized carbons (Fsp3) is 0.286. The zero-order valence-electron chi connectivity index (χ0n) is 17.7. The van der Waals surface area contributed by atoms with Crippen molar-refractivity contribution in [2.24, 2.45) is 0 Å². The molecule has 0 radical (unpaired) electrons. The SMILES string of the molecule is CCc1ccc(C2=C[C@H](c3cccc(C)c3)CC(c3cc(C)ccc3O)C2)cc1. The third-order valence-electron chi connectivity index (χ3n) is 6.23. The normalized spacial score (nSPS) is 19.1. The van der Waals surface area contributed by atoms with Crippen molar-refractivity contribution in [1.29, 1.82) is 0 Å². The molecule has 0 amide bonds. The van der Waals surface area contributed by atoms with Crippen LogP contribution in [0, 0.1) is 13.8 Å². The minimum atomic E-state index is 0.311. The summed E-state index contributed by atoms with van der Waals surface area (Å²) < 4.78 is 0. The first-order chi connectivity index (χ1) is 14.0. The first-order valence-corrected chi connectivity index (χ1v) is 10.7. The highest BCUT2D eigenvalue weighted by molar-refractivity contribution is 5.69. The number of phenols is 1. The van der Waals surface area contributed by atoms with E-state index in [1.54, 1.807) is 0 Å². The van der Waals surface area contributed by atoms with Gasteiger partial charge in [-0.2, -0.15) is 0 Å². The van der Waals surface area contributed by atoms with Crippen molar-refractivity contribution < 1.29 is 5.11 Å². The molecular weight excluding hydrogens is 352 g/mol. The monoisotopic (exact) mass is 382 g/mol. The van der Waals surface area contributed by atoms with E-state index in [0.29, 0.717) is 17.6 Å². The van der Waals surface area contributed by atoms with Crippen molar-refractivity contribution in [2.45, 2.75) is 51.9 Å². The summed E-state index contributed by atoms with van der Waals surface area (Å²) in [6, 6.07) is 23.9. The van der Waals surface area contributed by atoms with Crippen molar-refractivity contribution >= 4 is 5.57 Å². The average molecular weight is 383 g/mol. The summed E-state index contributed by atoms with van der Waals surface area (Å²) in [5, 5.41) is 10.6. The van der Waals surface area contributed by atoms with Crippen LogP contribution in [0.5, 0.6) is 5.75 Å². The van der Waals surface area contributed by atoms with Gasteiger partial charge in [-0.05, 0) is 72.9 Å². The van der Waals surface area contributed by atoms with Crippen LogP contribution in [0.4, 0.5) is 0 Å².